The zero-order valence-electron chi connectivity index (χ0n) is 12.8. The van der Waals surface area contributed by atoms with Crippen molar-refractivity contribution in [3.63, 3.8) is 0 Å². The predicted molar refractivity (Wildman–Crippen MR) is 91.0 cm³/mol. The van der Waals surface area contributed by atoms with Crippen LogP contribution in [-0.2, 0) is 6.61 Å². The number of hydrogen-bond acceptors (Lipinski definition) is 3. The number of urea groups is 1. The molecule has 0 saturated carbocycles. The minimum Gasteiger partial charge on any atom is -0.487 e. The van der Waals surface area contributed by atoms with Crippen LogP contribution in [0.3, 0.4) is 0 Å². The molecule has 2 amide bonds. The normalized spacial score (nSPS) is 10.2. The van der Waals surface area contributed by atoms with E-state index in [-0.39, 0.29) is 19.2 Å². The van der Waals surface area contributed by atoms with Crippen LogP contribution in [0, 0.1) is 0 Å². The van der Waals surface area contributed by atoms with E-state index in [1.54, 1.807) is 25.2 Å². The van der Waals surface area contributed by atoms with Gasteiger partial charge < -0.3 is 20.1 Å². The zero-order valence-corrected chi connectivity index (χ0v) is 13.6. The van der Waals surface area contributed by atoms with Crippen LogP contribution in [0.5, 0.6) is 5.75 Å². The topological polar surface area (TPSA) is 61.8 Å². The molecular formula is C17H19ClN2O3. The van der Waals surface area contributed by atoms with Crippen molar-refractivity contribution in [1.82, 2.24) is 4.90 Å². The summed E-state index contributed by atoms with van der Waals surface area (Å²) in [5, 5.41) is 12.3. The second kappa shape index (κ2) is 8.41. The maximum Gasteiger partial charge on any atom is 0.321 e. The second-order valence-electron chi connectivity index (χ2n) is 4.99. The van der Waals surface area contributed by atoms with Crippen LogP contribution in [-0.4, -0.2) is 36.2 Å². The van der Waals surface area contributed by atoms with Gasteiger partial charge in [0.25, 0.3) is 0 Å². The number of rotatable bonds is 6. The fourth-order valence-electron chi connectivity index (χ4n) is 1.95. The van der Waals surface area contributed by atoms with Gasteiger partial charge in [0.1, 0.15) is 12.4 Å². The minimum absolute atomic E-state index is 0.0865. The first-order valence-corrected chi connectivity index (χ1v) is 7.57. The Morgan fingerprint density at radius 3 is 2.78 bits per heavy atom. The predicted octanol–water partition coefficient (Wildman–Crippen LogP) is 3.38. The quantitative estimate of drug-likeness (QED) is 0.851. The Morgan fingerprint density at radius 2 is 2.04 bits per heavy atom. The number of hydrogen-bond donors (Lipinski definition) is 2. The van der Waals surface area contributed by atoms with Gasteiger partial charge in [0, 0.05) is 18.6 Å². The molecule has 0 fully saturated rings. The molecule has 0 spiro atoms. The van der Waals surface area contributed by atoms with E-state index in [9.17, 15) is 4.79 Å². The molecule has 0 unspecified atom stereocenters. The lowest BCUT2D eigenvalue weighted by Crippen LogP contribution is -2.33. The number of para-hydroxylation sites is 2. The van der Waals surface area contributed by atoms with Crippen molar-refractivity contribution in [3.05, 3.63) is 59.1 Å². The van der Waals surface area contributed by atoms with E-state index < -0.39 is 0 Å². The molecule has 2 rings (SSSR count). The second-order valence-corrected chi connectivity index (χ2v) is 5.43. The summed E-state index contributed by atoms with van der Waals surface area (Å²) in [5.41, 5.74) is 1.51. The van der Waals surface area contributed by atoms with Crippen LogP contribution in [0.15, 0.2) is 48.5 Å². The molecule has 0 aliphatic heterocycles. The van der Waals surface area contributed by atoms with Crippen molar-refractivity contribution in [2.45, 2.75) is 6.61 Å². The Labute approximate surface area is 140 Å². The van der Waals surface area contributed by atoms with E-state index in [2.05, 4.69) is 5.32 Å². The first-order valence-electron chi connectivity index (χ1n) is 7.19. The number of aliphatic hydroxyl groups excluding tert-OH is 1. The van der Waals surface area contributed by atoms with Crippen LogP contribution in [0.1, 0.15) is 5.56 Å². The van der Waals surface area contributed by atoms with Gasteiger partial charge in [-0.25, -0.2) is 4.79 Å². The molecule has 5 nitrogen and oxygen atoms in total. The lowest BCUT2D eigenvalue weighted by molar-refractivity contribution is 0.202. The molecule has 23 heavy (non-hydrogen) atoms. The average Bonchev–Trinajstić information content (AvgIpc) is 2.54. The third-order valence-corrected chi connectivity index (χ3v) is 3.43. The summed E-state index contributed by atoms with van der Waals surface area (Å²) >= 11 is 5.95. The lowest BCUT2D eigenvalue weighted by atomic mass is 10.2. The third kappa shape index (κ3) is 5.16. The summed E-state index contributed by atoms with van der Waals surface area (Å²) in [4.78, 5) is 13.4. The highest BCUT2D eigenvalue weighted by atomic mass is 35.5. The van der Waals surface area contributed by atoms with Crippen LogP contribution in [0.25, 0.3) is 0 Å². The van der Waals surface area contributed by atoms with E-state index >= 15 is 0 Å². The number of nitrogens with zero attached hydrogens (tertiary/aromatic N) is 1. The Kier molecular flexibility index (Phi) is 6.26. The zero-order chi connectivity index (χ0) is 16.7. The van der Waals surface area contributed by atoms with Crippen LogP contribution in [0.4, 0.5) is 10.5 Å². The fraction of sp³-hybridized carbons (Fsp3) is 0.235. The molecule has 2 aromatic rings. The molecule has 0 heterocycles. The number of carbonyl (C=O) groups is 1. The van der Waals surface area contributed by atoms with E-state index in [1.807, 2.05) is 30.3 Å². The molecule has 2 aromatic carbocycles. The summed E-state index contributed by atoms with van der Waals surface area (Å²) in [5.74, 6) is 0.568. The largest absolute Gasteiger partial charge is 0.487 e. The molecule has 2 N–H and O–H groups in total. The maximum atomic E-state index is 12.0. The highest BCUT2D eigenvalue weighted by molar-refractivity contribution is 6.30. The number of anilines is 1. The molecule has 0 aromatic heterocycles. The molecule has 0 atom stereocenters. The summed E-state index contributed by atoms with van der Waals surface area (Å²) < 4.78 is 5.78. The minimum atomic E-state index is -0.308. The van der Waals surface area contributed by atoms with E-state index in [1.165, 1.54) is 4.90 Å². The summed E-state index contributed by atoms with van der Waals surface area (Å²) in [6.07, 6.45) is 0. The van der Waals surface area contributed by atoms with Crippen LogP contribution < -0.4 is 10.1 Å². The highest BCUT2D eigenvalue weighted by Gasteiger charge is 2.11. The number of ether oxygens (including phenoxy) is 1. The van der Waals surface area contributed by atoms with E-state index in [0.29, 0.717) is 23.1 Å². The smallest absolute Gasteiger partial charge is 0.321 e. The van der Waals surface area contributed by atoms with Crippen molar-refractivity contribution < 1.29 is 14.6 Å². The summed E-state index contributed by atoms with van der Waals surface area (Å²) in [6.45, 7) is 0.522. The summed E-state index contributed by atoms with van der Waals surface area (Å²) in [6, 6.07) is 14.3. The van der Waals surface area contributed by atoms with Gasteiger partial charge >= 0.3 is 6.03 Å². The van der Waals surface area contributed by atoms with Crippen LogP contribution >= 0.6 is 11.6 Å². The van der Waals surface area contributed by atoms with Crippen molar-refractivity contribution in [2.24, 2.45) is 0 Å². The number of likely N-dealkylation sites (N-methyl/N-ethyl adjacent to an activating group) is 1. The van der Waals surface area contributed by atoms with Gasteiger partial charge in [-0.05, 0) is 29.8 Å². The Bertz CT molecular complexity index is 664. The molecule has 0 saturated heterocycles. The number of nitrogens with one attached hydrogen (secondary N) is 1. The Hall–Kier alpha value is -2.24. The first kappa shape index (κ1) is 17.1. The molecule has 0 radical (unpaired) electrons. The van der Waals surface area contributed by atoms with E-state index in [0.717, 1.165) is 5.56 Å². The SMILES string of the molecule is CN(CCO)C(=O)Nc1ccccc1OCc1cccc(Cl)c1. The maximum absolute atomic E-state index is 12.0. The van der Waals surface area contributed by atoms with Gasteiger partial charge in [-0.15, -0.1) is 0 Å². The molecule has 0 aliphatic rings. The molecular weight excluding hydrogens is 316 g/mol. The average molecular weight is 335 g/mol. The Balaban J connectivity index is 2.04. The molecule has 6 heteroatoms. The van der Waals surface area contributed by atoms with Gasteiger partial charge in [-0.2, -0.15) is 0 Å². The third-order valence-electron chi connectivity index (χ3n) is 3.19. The summed E-state index contributed by atoms with van der Waals surface area (Å²) in [7, 11) is 1.61. The van der Waals surface area contributed by atoms with Gasteiger partial charge in [0.2, 0.25) is 0 Å². The number of halogens is 1. The standard InChI is InChI=1S/C17H19ClN2O3/c1-20(9-10-21)17(22)19-15-7-2-3-8-16(15)23-12-13-5-4-6-14(18)11-13/h2-8,11,21H,9-10,12H2,1H3,(H,19,22). The number of aliphatic hydroxyl groups is 1. The lowest BCUT2D eigenvalue weighted by Gasteiger charge is -2.18. The number of carbonyl (C=O) groups excluding carboxylic acids is 1. The van der Waals surface area contributed by atoms with Crippen molar-refractivity contribution in [1.29, 1.82) is 0 Å². The highest BCUT2D eigenvalue weighted by Crippen LogP contribution is 2.25. The fourth-order valence-corrected chi connectivity index (χ4v) is 2.16. The van der Waals surface area contributed by atoms with Gasteiger partial charge in [-0.1, -0.05) is 35.9 Å². The Morgan fingerprint density at radius 1 is 1.26 bits per heavy atom. The van der Waals surface area contributed by atoms with Crippen molar-refractivity contribution in [3.8, 4) is 5.75 Å². The molecule has 122 valence electrons. The van der Waals surface area contributed by atoms with Gasteiger partial charge in [0.05, 0.1) is 12.3 Å². The van der Waals surface area contributed by atoms with Crippen molar-refractivity contribution in [2.75, 3.05) is 25.5 Å². The van der Waals surface area contributed by atoms with Crippen molar-refractivity contribution >= 4 is 23.3 Å². The number of amides is 2. The first-order chi connectivity index (χ1) is 11.1. The molecule has 0 bridgehead atoms. The van der Waals surface area contributed by atoms with E-state index in [4.69, 9.17) is 21.4 Å². The monoisotopic (exact) mass is 334 g/mol. The molecule has 0 aliphatic carbocycles. The number of benzene rings is 2. The van der Waals surface area contributed by atoms with Crippen LogP contribution in [0.2, 0.25) is 5.02 Å². The van der Waals surface area contributed by atoms with Gasteiger partial charge in [-0.3, -0.25) is 0 Å². The van der Waals surface area contributed by atoms with Gasteiger partial charge in [0.15, 0.2) is 0 Å².